The van der Waals surface area contributed by atoms with Crippen LogP contribution in [-0.4, -0.2) is 21.8 Å². The van der Waals surface area contributed by atoms with E-state index in [2.05, 4.69) is 15.3 Å². The molecule has 0 saturated heterocycles. The van der Waals surface area contributed by atoms with E-state index in [1.807, 2.05) is 11.8 Å². The highest BCUT2D eigenvalue weighted by molar-refractivity contribution is 7.98. The Bertz CT molecular complexity index is 439. The number of anilines is 1. The van der Waals surface area contributed by atoms with Crippen molar-refractivity contribution in [2.75, 3.05) is 11.1 Å². The van der Waals surface area contributed by atoms with Crippen molar-refractivity contribution >= 4 is 17.6 Å². The number of nitrogens with one attached hydrogen (secondary N) is 2. The highest BCUT2D eigenvalue weighted by Crippen LogP contribution is 2.30. The zero-order chi connectivity index (χ0) is 10.3. The lowest BCUT2D eigenvalue weighted by atomic mass is 10.2. The van der Waals surface area contributed by atoms with Crippen LogP contribution in [0.25, 0.3) is 0 Å². The summed E-state index contributed by atoms with van der Waals surface area (Å²) in [6.45, 7) is 0. The second-order valence-electron chi connectivity index (χ2n) is 4.07. The number of thioether (sulfide) groups is 1. The van der Waals surface area contributed by atoms with E-state index in [0.717, 1.165) is 29.4 Å². The maximum Gasteiger partial charge on any atom is 0.347 e. The predicted molar refractivity (Wildman–Crippen MR) is 61.4 cm³/mol. The van der Waals surface area contributed by atoms with Crippen LogP contribution in [0.4, 0.5) is 5.82 Å². The fourth-order valence-corrected chi connectivity index (χ4v) is 2.81. The summed E-state index contributed by atoms with van der Waals surface area (Å²) in [5.41, 5.74) is 2.07. The normalized spacial score (nSPS) is 19.7. The molecule has 0 radical (unpaired) electrons. The third-order valence-electron chi connectivity index (χ3n) is 2.78. The third kappa shape index (κ3) is 1.88. The second-order valence-corrected chi connectivity index (χ2v) is 5.17. The summed E-state index contributed by atoms with van der Waals surface area (Å²) in [5, 5.41) is 3.34. The lowest BCUT2D eigenvalue weighted by Crippen LogP contribution is -2.22. The Morgan fingerprint density at radius 2 is 2.33 bits per heavy atom. The molecule has 1 aliphatic carbocycles. The van der Waals surface area contributed by atoms with Gasteiger partial charge in [0.05, 0.1) is 0 Å². The van der Waals surface area contributed by atoms with Crippen LogP contribution in [0, 0.1) is 0 Å². The average Bonchev–Trinajstić information content (AvgIpc) is 3.01. The minimum atomic E-state index is -0.219. The Kier molecular flexibility index (Phi) is 2.20. The van der Waals surface area contributed by atoms with Gasteiger partial charge in [0.15, 0.2) is 0 Å². The van der Waals surface area contributed by atoms with E-state index in [1.165, 1.54) is 18.4 Å². The van der Waals surface area contributed by atoms with Gasteiger partial charge in [-0.2, -0.15) is 16.7 Å². The number of aryl methyl sites for hydroxylation is 1. The molecule has 0 aromatic carbocycles. The smallest absolute Gasteiger partial charge is 0.347 e. The molecule has 3 rings (SSSR count). The first-order valence-corrected chi connectivity index (χ1v) is 6.45. The lowest BCUT2D eigenvalue weighted by molar-refractivity contribution is 0.911. The van der Waals surface area contributed by atoms with Gasteiger partial charge in [0.1, 0.15) is 5.82 Å². The van der Waals surface area contributed by atoms with Crippen molar-refractivity contribution in [3.05, 3.63) is 21.7 Å². The lowest BCUT2D eigenvalue weighted by Gasteiger charge is -2.17. The van der Waals surface area contributed by atoms with Gasteiger partial charge in [0.2, 0.25) is 0 Å². The van der Waals surface area contributed by atoms with Crippen molar-refractivity contribution in [2.45, 2.75) is 31.1 Å². The van der Waals surface area contributed by atoms with Crippen molar-refractivity contribution in [3.63, 3.8) is 0 Å². The number of rotatable bonds is 2. The number of aromatic nitrogens is 2. The Hall–Kier alpha value is -0.970. The monoisotopic (exact) mass is 223 g/mol. The molecular weight excluding hydrogens is 210 g/mol. The summed E-state index contributed by atoms with van der Waals surface area (Å²) in [4.78, 5) is 18.2. The van der Waals surface area contributed by atoms with Crippen LogP contribution in [0.15, 0.2) is 4.79 Å². The van der Waals surface area contributed by atoms with Crippen molar-refractivity contribution in [3.8, 4) is 0 Å². The predicted octanol–water partition coefficient (Wildman–Crippen LogP) is 1.13. The van der Waals surface area contributed by atoms with Crippen molar-refractivity contribution in [2.24, 2.45) is 0 Å². The zero-order valence-corrected chi connectivity index (χ0v) is 9.19. The Labute approximate surface area is 91.9 Å². The summed E-state index contributed by atoms with van der Waals surface area (Å²) in [5.74, 6) is 2.88. The first-order chi connectivity index (χ1) is 7.33. The molecule has 1 aliphatic heterocycles. The number of H-pyrrole nitrogens is 1. The molecule has 1 saturated carbocycles. The molecule has 2 aliphatic rings. The van der Waals surface area contributed by atoms with Crippen LogP contribution in [0.1, 0.15) is 24.1 Å². The van der Waals surface area contributed by atoms with Crippen LogP contribution in [-0.2, 0) is 12.2 Å². The van der Waals surface area contributed by atoms with E-state index in [-0.39, 0.29) is 5.69 Å². The fraction of sp³-hybridized carbons (Fsp3) is 0.600. The molecule has 2 N–H and O–H groups in total. The molecule has 1 fully saturated rings. The van der Waals surface area contributed by atoms with Gasteiger partial charge in [-0.15, -0.1) is 0 Å². The van der Waals surface area contributed by atoms with Crippen LogP contribution in [0.3, 0.4) is 0 Å². The number of fused-ring (bicyclic) bond motifs is 1. The molecule has 5 heteroatoms. The molecule has 1 aromatic rings. The summed E-state index contributed by atoms with van der Waals surface area (Å²) in [6.07, 6.45) is 3.36. The van der Waals surface area contributed by atoms with E-state index in [4.69, 9.17) is 0 Å². The largest absolute Gasteiger partial charge is 0.367 e. The van der Waals surface area contributed by atoms with Crippen molar-refractivity contribution < 1.29 is 0 Å². The first-order valence-electron chi connectivity index (χ1n) is 5.29. The molecule has 0 atom stereocenters. The van der Waals surface area contributed by atoms with Crippen LogP contribution in [0.5, 0.6) is 0 Å². The van der Waals surface area contributed by atoms with E-state index in [9.17, 15) is 4.79 Å². The summed E-state index contributed by atoms with van der Waals surface area (Å²) < 4.78 is 0. The van der Waals surface area contributed by atoms with Gasteiger partial charge >= 0.3 is 5.69 Å². The van der Waals surface area contributed by atoms with Gasteiger partial charge in [-0.05, 0) is 25.0 Å². The topological polar surface area (TPSA) is 57.8 Å². The standard InChI is InChI=1S/C10H13N3OS/c14-10-12-8-3-4-15-5-7(8)9(13-10)11-6-1-2-6/h6H,1-5H2,(H2,11,12,13,14). The van der Waals surface area contributed by atoms with Gasteiger partial charge in [-0.3, -0.25) is 0 Å². The summed E-state index contributed by atoms with van der Waals surface area (Å²) in [7, 11) is 0. The quantitative estimate of drug-likeness (QED) is 0.789. The minimum absolute atomic E-state index is 0.219. The van der Waals surface area contributed by atoms with E-state index in [1.54, 1.807) is 0 Å². The van der Waals surface area contributed by atoms with E-state index >= 15 is 0 Å². The highest BCUT2D eigenvalue weighted by atomic mass is 32.2. The van der Waals surface area contributed by atoms with Crippen LogP contribution < -0.4 is 11.0 Å². The Morgan fingerprint density at radius 1 is 1.47 bits per heavy atom. The number of aromatic amines is 1. The van der Waals surface area contributed by atoms with Gasteiger partial charge in [-0.1, -0.05) is 0 Å². The Morgan fingerprint density at radius 3 is 3.13 bits per heavy atom. The minimum Gasteiger partial charge on any atom is -0.367 e. The first kappa shape index (κ1) is 9.27. The maximum atomic E-state index is 11.4. The molecule has 2 heterocycles. The van der Waals surface area contributed by atoms with Crippen LogP contribution in [0.2, 0.25) is 0 Å². The summed E-state index contributed by atoms with van der Waals surface area (Å²) in [6, 6.07) is 0.551. The second kappa shape index (κ2) is 3.56. The molecule has 0 unspecified atom stereocenters. The number of hydrogen-bond acceptors (Lipinski definition) is 4. The molecule has 0 amide bonds. The van der Waals surface area contributed by atoms with Gasteiger partial charge in [0.25, 0.3) is 0 Å². The fourth-order valence-electron chi connectivity index (χ4n) is 1.80. The van der Waals surface area contributed by atoms with E-state index in [0.29, 0.717) is 6.04 Å². The van der Waals surface area contributed by atoms with Gasteiger partial charge in [-0.25, -0.2) is 4.79 Å². The Balaban J connectivity index is 2.01. The maximum absolute atomic E-state index is 11.4. The highest BCUT2D eigenvalue weighted by Gasteiger charge is 2.24. The van der Waals surface area contributed by atoms with Gasteiger partial charge < -0.3 is 10.3 Å². The molecule has 4 nitrogen and oxygen atoms in total. The van der Waals surface area contributed by atoms with E-state index < -0.39 is 0 Å². The zero-order valence-electron chi connectivity index (χ0n) is 8.38. The molecule has 15 heavy (non-hydrogen) atoms. The third-order valence-corrected chi connectivity index (χ3v) is 3.77. The van der Waals surface area contributed by atoms with Gasteiger partial charge in [0, 0.05) is 23.1 Å². The number of nitrogens with zero attached hydrogens (tertiary/aromatic N) is 1. The van der Waals surface area contributed by atoms with Crippen LogP contribution >= 0.6 is 11.8 Å². The average molecular weight is 223 g/mol. The molecular formula is C10H13N3OS. The molecule has 0 spiro atoms. The van der Waals surface area contributed by atoms with Crippen molar-refractivity contribution in [1.82, 2.24) is 9.97 Å². The SMILES string of the molecule is O=c1nc(NC2CC2)c2c([nH]1)CCSC2. The van der Waals surface area contributed by atoms with Crippen molar-refractivity contribution in [1.29, 1.82) is 0 Å². The molecule has 80 valence electrons. The molecule has 0 bridgehead atoms. The number of hydrogen-bond donors (Lipinski definition) is 2. The summed E-state index contributed by atoms with van der Waals surface area (Å²) >= 11 is 1.90. The molecule has 1 aromatic heterocycles.